The van der Waals surface area contributed by atoms with Crippen molar-refractivity contribution in [2.75, 3.05) is 17.8 Å². The van der Waals surface area contributed by atoms with Crippen molar-refractivity contribution < 1.29 is 28.3 Å². The van der Waals surface area contributed by atoms with Crippen LogP contribution in [0.15, 0.2) is 42.9 Å². The number of alkyl halides is 1. The minimum Gasteiger partial charge on any atom is -0.363 e. The van der Waals surface area contributed by atoms with E-state index in [2.05, 4.69) is 20.4 Å². The van der Waals surface area contributed by atoms with Crippen LogP contribution in [0.4, 0.5) is 10.2 Å². The molecule has 0 bridgehead atoms. The number of nitrogens with zero attached hydrogens (tertiary/aromatic N) is 4. The Kier molecular flexibility index (Phi) is 7.35. The molecule has 3 unspecified atom stereocenters. The molecule has 1 fully saturated rings. The zero-order valence-corrected chi connectivity index (χ0v) is 18.1. The highest BCUT2D eigenvalue weighted by molar-refractivity contribution is 7.63. The van der Waals surface area contributed by atoms with E-state index in [-0.39, 0.29) is 18.9 Å². The Morgan fingerprint density at radius 2 is 2.03 bits per heavy atom. The Morgan fingerprint density at radius 1 is 1.23 bits per heavy atom. The number of benzene rings is 1. The average Bonchev–Trinajstić information content (AvgIpc) is 3.34. The van der Waals surface area contributed by atoms with Crippen LogP contribution in [-0.2, 0) is 15.8 Å². The molecule has 166 valence electrons. The number of anilines is 1. The van der Waals surface area contributed by atoms with Gasteiger partial charge in [-0.1, -0.05) is 30.3 Å². The number of imidazole rings is 1. The number of halogens is 1. The monoisotopic (exact) mass is 469 g/mol. The third kappa shape index (κ3) is 5.51. The van der Waals surface area contributed by atoms with Crippen molar-refractivity contribution in [2.45, 2.75) is 31.3 Å². The molecule has 2 aromatic heterocycles. The van der Waals surface area contributed by atoms with E-state index in [1.54, 1.807) is 0 Å². The average molecular weight is 469 g/mol. The van der Waals surface area contributed by atoms with Gasteiger partial charge in [0.1, 0.15) is 18.6 Å². The number of ether oxygens (including phenoxy) is 1. The molecule has 1 aliphatic rings. The third-order valence-corrected chi connectivity index (χ3v) is 7.16. The molecule has 0 saturated carbocycles. The van der Waals surface area contributed by atoms with Gasteiger partial charge in [-0.05, 0) is 5.56 Å². The summed E-state index contributed by atoms with van der Waals surface area (Å²) >= 11 is 0. The summed E-state index contributed by atoms with van der Waals surface area (Å²) in [5.74, 6) is 0.289. The van der Waals surface area contributed by atoms with Crippen LogP contribution in [0.5, 0.6) is 0 Å². The van der Waals surface area contributed by atoms with Crippen molar-refractivity contribution in [3.8, 4) is 0 Å². The van der Waals surface area contributed by atoms with Crippen molar-refractivity contribution in [2.24, 2.45) is 0 Å². The number of hydrogen-bond acceptors (Lipinski definition) is 9. The smallest absolute Gasteiger partial charge is 0.197 e. The minimum atomic E-state index is -2.25. The van der Waals surface area contributed by atoms with Gasteiger partial charge in [-0.2, -0.15) is 5.10 Å². The summed E-state index contributed by atoms with van der Waals surface area (Å²) in [6, 6.07) is 9.83. The Balaban J connectivity index is 1.43. The largest absolute Gasteiger partial charge is 0.363 e. The van der Waals surface area contributed by atoms with Gasteiger partial charge in [0.2, 0.25) is 0 Å². The highest BCUT2D eigenvalue weighted by atomic mass is 31.2. The van der Waals surface area contributed by atoms with Gasteiger partial charge in [0.15, 0.2) is 28.2 Å². The van der Waals surface area contributed by atoms with E-state index in [1.165, 1.54) is 17.0 Å². The maximum Gasteiger partial charge on any atom is 0.197 e. The number of hydrogen-bond donors (Lipinski definition) is 4. The van der Waals surface area contributed by atoms with E-state index in [0.717, 1.165) is 5.56 Å². The van der Waals surface area contributed by atoms with Crippen LogP contribution in [0, 0.1) is 0 Å². The number of fused-ring (bicyclic) bond motifs is 1. The molecule has 4 atom stereocenters. The first-order chi connectivity index (χ1) is 15.0. The second-order valence-corrected chi connectivity index (χ2v) is 9.80. The lowest BCUT2D eigenvalue weighted by molar-refractivity contribution is 0.00346. The molecule has 0 radical (unpaired) electrons. The molecule has 10 nitrogen and oxygen atoms in total. The number of rotatable bonds is 9. The Hall–Kier alpha value is -1.84. The predicted octanol–water partition coefficient (Wildman–Crippen LogP) is 2.48. The lowest BCUT2D eigenvalue weighted by Gasteiger charge is -2.16. The van der Waals surface area contributed by atoms with Gasteiger partial charge < -0.3 is 29.3 Å². The maximum atomic E-state index is 14.7. The summed E-state index contributed by atoms with van der Waals surface area (Å²) in [6.07, 6.45) is 0.194. The Morgan fingerprint density at radius 3 is 2.81 bits per heavy atom. The first-order valence-corrected chi connectivity index (χ1v) is 12.3. The van der Waals surface area contributed by atoms with E-state index < -0.39 is 35.1 Å². The second kappa shape index (κ2) is 10.2. The molecule has 1 aromatic carbocycles. The summed E-state index contributed by atoms with van der Waals surface area (Å²) < 4.78 is 27.2. The molecule has 13 heteroatoms. The fourth-order valence-electron chi connectivity index (χ4n) is 3.34. The van der Waals surface area contributed by atoms with E-state index >= 15 is 0 Å². The molecule has 1 saturated heterocycles. The van der Waals surface area contributed by atoms with Gasteiger partial charge in [0.25, 0.3) is 0 Å². The summed E-state index contributed by atoms with van der Waals surface area (Å²) in [5, 5.41) is 7.42. The predicted molar refractivity (Wildman–Crippen MR) is 113 cm³/mol. The molecular weight excluding hydrogens is 447 g/mol. The van der Waals surface area contributed by atoms with Crippen molar-refractivity contribution in [3.63, 3.8) is 0 Å². The molecule has 0 amide bonds. The maximum absolute atomic E-state index is 14.7. The van der Waals surface area contributed by atoms with E-state index in [0.29, 0.717) is 23.7 Å². The van der Waals surface area contributed by atoms with Crippen molar-refractivity contribution in [1.82, 2.24) is 19.6 Å². The first kappa shape index (κ1) is 22.4. The van der Waals surface area contributed by atoms with Crippen molar-refractivity contribution in [3.05, 3.63) is 54.1 Å². The van der Waals surface area contributed by atoms with E-state index in [4.69, 9.17) is 19.0 Å². The standard InChI is InChI=1S/C18H22FN5O5P2/c19-14-6-13(9-28-31(27)11-30(25)26)29-16(14)15-8-21-18-17(22-10-23-24(15)18)20-7-12-4-2-1-3-5-12/h1-5,8,10,13-14,16,25-27H,6-7,9,11H2,(H,20,22,23)/t13?,14?,16-,31?/m0/s1. The Bertz CT molecular complexity index is 998. The summed E-state index contributed by atoms with van der Waals surface area (Å²) in [4.78, 5) is 36.1. The van der Waals surface area contributed by atoms with E-state index in [1.807, 2.05) is 30.3 Å². The van der Waals surface area contributed by atoms with Crippen LogP contribution in [-0.4, -0.2) is 59.0 Å². The van der Waals surface area contributed by atoms with Crippen LogP contribution < -0.4 is 5.32 Å². The zero-order chi connectivity index (χ0) is 21.8. The molecule has 1 aliphatic heterocycles. The summed E-state index contributed by atoms with van der Waals surface area (Å²) in [5.41, 5.74) is 1.99. The number of aromatic nitrogens is 4. The van der Waals surface area contributed by atoms with Gasteiger partial charge >= 0.3 is 0 Å². The Labute approximate surface area is 179 Å². The summed E-state index contributed by atoms with van der Waals surface area (Å²) in [7, 11) is -4.23. The van der Waals surface area contributed by atoms with Gasteiger partial charge in [-0.25, -0.2) is 18.9 Å². The van der Waals surface area contributed by atoms with Gasteiger partial charge in [0.05, 0.1) is 30.5 Å². The van der Waals surface area contributed by atoms with Gasteiger partial charge in [0, 0.05) is 13.0 Å². The van der Waals surface area contributed by atoms with Gasteiger partial charge in [-0.3, -0.25) is 0 Å². The SMILES string of the molecule is OP(O)CP(O)OCC1CC(F)[C@@H](c2cnc3c(NCc4ccccc4)ncnn23)O1. The second-order valence-electron chi connectivity index (χ2n) is 6.96. The fraction of sp³-hybridized carbons (Fsp3) is 0.389. The molecule has 3 heterocycles. The van der Waals surface area contributed by atoms with E-state index in [9.17, 15) is 9.28 Å². The topological polar surface area (TPSA) is 134 Å². The zero-order valence-electron chi connectivity index (χ0n) is 16.3. The first-order valence-electron chi connectivity index (χ1n) is 9.52. The minimum absolute atomic E-state index is 0.0438. The fourth-order valence-corrected chi connectivity index (χ4v) is 4.87. The van der Waals surface area contributed by atoms with Crippen LogP contribution in [0.2, 0.25) is 0 Å². The molecule has 4 rings (SSSR count). The quantitative estimate of drug-likeness (QED) is 0.349. The highest BCUT2D eigenvalue weighted by Crippen LogP contribution is 2.45. The summed E-state index contributed by atoms with van der Waals surface area (Å²) in [6.45, 7) is 0.507. The highest BCUT2D eigenvalue weighted by Gasteiger charge is 2.39. The molecule has 0 aliphatic carbocycles. The molecular formula is C18H22FN5O5P2. The normalized spacial score (nSPS) is 22.3. The lowest BCUT2D eigenvalue weighted by Crippen LogP contribution is -2.15. The van der Waals surface area contributed by atoms with Crippen LogP contribution in [0.3, 0.4) is 0 Å². The van der Waals surface area contributed by atoms with Crippen LogP contribution in [0.25, 0.3) is 5.65 Å². The number of nitrogens with one attached hydrogen (secondary N) is 1. The van der Waals surface area contributed by atoms with Gasteiger partial charge in [-0.15, -0.1) is 0 Å². The molecule has 3 aromatic rings. The molecule has 4 N–H and O–H groups in total. The third-order valence-electron chi connectivity index (χ3n) is 4.74. The molecule has 0 spiro atoms. The van der Waals surface area contributed by atoms with Crippen molar-refractivity contribution in [1.29, 1.82) is 0 Å². The lowest BCUT2D eigenvalue weighted by atomic mass is 10.1. The van der Waals surface area contributed by atoms with Crippen LogP contribution in [0.1, 0.15) is 23.8 Å². The molecule has 31 heavy (non-hydrogen) atoms. The van der Waals surface area contributed by atoms with Crippen LogP contribution >= 0.6 is 16.8 Å². The van der Waals surface area contributed by atoms with Crippen molar-refractivity contribution >= 4 is 28.2 Å².